The van der Waals surface area contributed by atoms with E-state index < -0.39 is 5.41 Å². The average molecular weight is 891 g/mol. The maximum absolute atomic E-state index is 13.9. The number of allylic oxidation sites excluding steroid dienone is 6. The topological polar surface area (TPSA) is 160 Å². The molecule has 0 unspecified atom stereocenters. The van der Waals surface area contributed by atoms with Crippen LogP contribution < -0.4 is 27.5 Å². The number of benzene rings is 4. The fraction of sp³-hybridized carbons (Fsp3) is 0.345. The summed E-state index contributed by atoms with van der Waals surface area (Å²) in [6.45, 7) is 10.2. The van der Waals surface area contributed by atoms with E-state index in [1.807, 2.05) is 85.0 Å². The smallest absolute Gasteiger partial charge is 0.227 e. The second-order valence-corrected chi connectivity index (χ2v) is 18.1. The Bertz CT molecular complexity index is 2530. The van der Waals surface area contributed by atoms with Crippen LogP contribution in [0.15, 0.2) is 133 Å². The Hall–Kier alpha value is -6.72. The van der Waals surface area contributed by atoms with Gasteiger partial charge in [-0.3, -0.25) is 9.59 Å². The molecule has 11 nitrogen and oxygen atoms in total. The van der Waals surface area contributed by atoms with Crippen molar-refractivity contribution in [2.45, 2.75) is 96.4 Å². The van der Waals surface area contributed by atoms with Gasteiger partial charge < -0.3 is 36.2 Å². The average Bonchev–Trinajstić information content (AvgIpc) is 3.49. The number of unbranched alkanes of at least 4 members (excludes halogenated alkanes) is 4. The Labute approximate surface area is 391 Å². The van der Waals surface area contributed by atoms with Crippen LogP contribution in [0, 0.1) is 0 Å². The molecule has 66 heavy (non-hydrogen) atoms. The zero-order valence-electron chi connectivity index (χ0n) is 39.4. The van der Waals surface area contributed by atoms with Crippen molar-refractivity contribution in [1.29, 1.82) is 0 Å². The first-order chi connectivity index (χ1) is 31.8. The summed E-state index contributed by atoms with van der Waals surface area (Å²) in [5.41, 5.74) is 22.1. The van der Waals surface area contributed by atoms with Crippen molar-refractivity contribution in [3.63, 3.8) is 0 Å². The summed E-state index contributed by atoms with van der Waals surface area (Å²) in [5, 5.41) is 4.39. The number of hydrazine groups is 1. The van der Waals surface area contributed by atoms with Crippen LogP contribution in [0.5, 0.6) is 0 Å². The molecule has 7 N–H and O–H groups in total. The Morgan fingerprint density at radius 2 is 1.52 bits per heavy atom. The van der Waals surface area contributed by atoms with Crippen LogP contribution in [-0.4, -0.2) is 60.1 Å². The quantitative estimate of drug-likeness (QED) is 0.00942. The van der Waals surface area contributed by atoms with Crippen molar-refractivity contribution in [3.05, 3.63) is 161 Å². The number of nitrogens with one attached hydrogen (secondary N) is 1. The zero-order chi connectivity index (χ0) is 47.3. The van der Waals surface area contributed by atoms with E-state index in [2.05, 4.69) is 87.1 Å². The van der Waals surface area contributed by atoms with Gasteiger partial charge in [0.2, 0.25) is 17.5 Å². The lowest BCUT2D eigenvalue weighted by Gasteiger charge is -2.32. The highest BCUT2D eigenvalue weighted by Gasteiger charge is 2.42. The van der Waals surface area contributed by atoms with Crippen molar-refractivity contribution < 1.29 is 23.7 Å². The minimum Gasteiger partial charge on any atom is -0.497 e. The molecule has 0 aromatic heterocycles. The third-order valence-electron chi connectivity index (χ3n) is 12.8. The molecule has 2 heterocycles. The highest BCUT2D eigenvalue weighted by molar-refractivity contribution is 6.03. The Morgan fingerprint density at radius 3 is 2.29 bits per heavy atom. The van der Waals surface area contributed by atoms with Crippen molar-refractivity contribution in [3.8, 4) is 0 Å². The van der Waals surface area contributed by atoms with Gasteiger partial charge in [-0.15, -0.1) is 0 Å². The van der Waals surface area contributed by atoms with Gasteiger partial charge in [-0.05, 0) is 89.1 Å². The van der Waals surface area contributed by atoms with Crippen molar-refractivity contribution in [2.24, 2.45) is 11.6 Å². The van der Waals surface area contributed by atoms with Gasteiger partial charge in [-0.2, -0.15) is 4.58 Å². The van der Waals surface area contributed by atoms with Crippen molar-refractivity contribution in [1.82, 2.24) is 10.3 Å². The van der Waals surface area contributed by atoms with Crippen LogP contribution in [0.1, 0.15) is 107 Å². The summed E-state index contributed by atoms with van der Waals surface area (Å²) in [7, 11) is 2.12. The lowest BCUT2D eigenvalue weighted by Crippen LogP contribution is -2.37. The van der Waals surface area contributed by atoms with Gasteiger partial charge in [0.05, 0.1) is 42.2 Å². The van der Waals surface area contributed by atoms with E-state index in [0.29, 0.717) is 61.6 Å². The number of nitrogens with zero attached hydrogens (tertiary/aromatic N) is 3. The molecular weight excluding hydrogens is 823 g/mol. The van der Waals surface area contributed by atoms with Crippen LogP contribution >= 0.6 is 0 Å². The largest absolute Gasteiger partial charge is 0.497 e. The van der Waals surface area contributed by atoms with Crippen LogP contribution in [0.4, 0.5) is 17.1 Å². The van der Waals surface area contributed by atoms with Gasteiger partial charge in [0, 0.05) is 59.3 Å². The van der Waals surface area contributed by atoms with Gasteiger partial charge >= 0.3 is 0 Å². The summed E-state index contributed by atoms with van der Waals surface area (Å²) in [5.74, 6) is 7.20. The molecule has 0 aliphatic carbocycles. The van der Waals surface area contributed by atoms with E-state index in [0.717, 1.165) is 66.5 Å². The SMILES string of the molecule is C[N+]1=C(/C=C/C=C/C=C(/OCCCCCC(=O)NCCCCCC(=O)N2Cc3ccccc3/C(N)=C(/N(N)CC=O)c3ccccc32)C(C)(C)c2ccccc2N)C(C)(C)c2ccccc21. The van der Waals surface area contributed by atoms with Crippen LogP contribution in [0.3, 0.4) is 0 Å². The number of carbonyl (C=O) groups is 3. The number of ether oxygens (including phenoxy) is 1. The highest BCUT2D eigenvalue weighted by atomic mass is 16.5. The Morgan fingerprint density at radius 1 is 0.833 bits per heavy atom. The second kappa shape index (κ2) is 22.5. The number of aldehydes is 1. The van der Waals surface area contributed by atoms with Crippen LogP contribution in [0.25, 0.3) is 11.4 Å². The molecule has 346 valence electrons. The Kier molecular flexibility index (Phi) is 16.6. The van der Waals surface area contributed by atoms with Gasteiger partial charge in [0.15, 0.2) is 5.71 Å². The fourth-order valence-corrected chi connectivity index (χ4v) is 9.13. The normalized spacial score (nSPS) is 15.8. The molecule has 6 rings (SSSR count). The number of fused-ring (bicyclic) bond motifs is 3. The number of anilines is 2. The van der Waals surface area contributed by atoms with E-state index in [4.69, 9.17) is 22.0 Å². The number of amides is 2. The minimum absolute atomic E-state index is 0.0221. The standard InChI is InChI=1S/C55H67N7O4/c1-54(2)44-27-17-20-30-47(44)60(5)48(54)31-9-6-10-32-49(55(3,4)43-26-16-18-28-45(43)56)66-38-22-8-11-33-50(64)59-35-21-7-12-34-51(65)61-39-40-23-13-14-24-41(40)52(57)53(62(58)36-37-63)42-25-15-19-29-46(42)61/h6,9-10,13-20,23-32,37H,7-8,11-12,21-22,33-36,38-39,56-58H2,1-5H3/p+1/b10-6+,31-9+,49-32+,53-52-. The third kappa shape index (κ3) is 11.4. The number of para-hydroxylation sites is 3. The van der Waals surface area contributed by atoms with Crippen molar-refractivity contribution in [2.75, 3.05) is 37.4 Å². The predicted molar refractivity (Wildman–Crippen MR) is 268 cm³/mol. The number of carbonyl (C=O) groups excluding carboxylic acids is 3. The van der Waals surface area contributed by atoms with Crippen molar-refractivity contribution >= 4 is 52.3 Å². The molecule has 0 radical (unpaired) electrons. The van der Waals surface area contributed by atoms with E-state index in [-0.39, 0.29) is 23.8 Å². The minimum atomic E-state index is -0.470. The van der Waals surface area contributed by atoms with Gasteiger partial charge in [0.25, 0.3) is 0 Å². The maximum atomic E-state index is 13.9. The molecule has 2 amide bonds. The van der Waals surface area contributed by atoms with E-state index in [9.17, 15) is 14.4 Å². The molecular formula is C55H68N7O4+. The van der Waals surface area contributed by atoms with Gasteiger partial charge in [0.1, 0.15) is 19.1 Å². The maximum Gasteiger partial charge on any atom is 0.227 e. The van der Waals surface area contributed by atoms with Crippen LogP contribution in [0.2, 0.25) is 0 Å². The molecule has 4 aromatic carbocycles. The summed E-state index contributed by atoms with van der Waals surface area (Å²) in [6, 6.07) is 31.7. The van der Waals surface area contributed by atoms with Gasteiger partial charge in [-0.25, -0.2) is 5.84 Å². The Balaban J connectivity index is 0.946. The third-order valence-corrected chi connectivity index (χ3v) is 12.8. The molecule has 0 fully saturated rings. The molecule has 0 saturated heterocycles. The lowest BCUT2D eigenvalue weighted by atomic mass is 9.81. The summed E-state index contributed by atoms with van der Waals surface area (Å²) in [6.07, 6.45) is 16.6. The molecule has 11 heteroatoms. The van der Waals surface area contributed by atoms with E-state index in [1.54, 1.807) is 4.90 Å². The molecule has 2 aliphatic rings. The number of nitrogens with two attached hydrogens (primary N) is 3. The molecule has 0 atom stereocenters. The number of rotatable bonds is 21. The fourth-order valence-electron chi connectivity index (χ4n) is 9.13. The second-order valence-electron chi connectivity index (χ2n) is 18.1. The predicted octanol–water partition coefficient (Wildman–Crippen LogP) is 9.21. The molecule has 4 aromatic rings. The lowest BCUT2D eigenvalue weighted by molar-refractivity contribution is -0.401. The number of hydrogen-bond acceptors (Lipinski definition) is 8. The number of hydrogen-bond donors (Lipinski definition) is 4. The molecule has 0 bridgehead atoms. The molecule has 0 spiro atoms. The summed E-state index contributed by atoms with van der Waals surface area (Å²) < 4.78 is 8.75. The zero-order valence-corrected chi connectivity index (χ0v) is 39.4. The van der Waals surface area contributed by atoms with Gasteiger partial charge in [-0.1, -0.05) is 104 Å². The highest BCUT2D eigenvalue weighted by Crippen LogP contribution is 2.40. The summed E-state index contributed by atoms with van der Waals surface area (Å²) in [4.78, 5) is 39.9. The first-order valence-electron chi connectivity index (χ1n) is 23.2. The van der Waals surface area contributed by atoms with Crippen LogP contribution in [-0.2, 0) is 36.5 Å². The van der Waals surface area contributed by atoms with E-state index >= 15 is 0 Å². The van der Waals surface area contributed by atoms with E-state index in [1.165, 1.54) is 22.0 Å². The monoisotopic (exact) mass is 891 g/mol. The first kappa shape index (κ1) is 48.7. The molecule has 2 aliphatic heterocycles. The molecule has 0 saturated carbocycles. The summed E-state index contributed by atoms with van der Waals surface area (Å²) >= 11 is 0. The number of nitrogen functional groups attached to an aromatic ring is 1. The first-order valence-corrected chi connectivity index (χ1v) is 23.2.